The molecule has 2 aromatic rings. The topological polar surface area (TPSA) is 104 Å². The standard InChI is InChI=1S/C21H25N3O6S2/c1-30-20-10-9-18(16-19(20)24-11-5-8-21(24)25)32(28,29)23-14-12-22(13-15-23)31(26,27)17-6-3-2-4-7-17/h2-4,6-7,9-10,16H,5,8,11-15H2,1H3. The van der Waals surface area contributed by atoms with Crippen molar-refractivity contribution in [2.75, 3.05) is 44.7 Å². The molecule has 0 saturated carbocycles. The van der Waals surface area contributed by atoms with E-state index in [0.717, 1.165) is 0 Å². The molecule has 0 spiro atoms. The molecule has 172 valence electrons. The molecule has 9 nitrogen and oxygen atoms in total. The fourth-order valence-electron chi connectivity index (χ4n) is 3.99. The van der Waals surface area contributed by atoms with Gasteiger partial charge in [0.25, 0.3) is 0 Å². The number of hydrogen-bond donors (Lipinski definition) is 0. The Balaban J connectivity index is 1.55. The van der Waals surface area contributed by atoms with Crippen molar-refractivity contribution in [3.63, 3.8) is 0 Å². The summed E-state index contributed by atoms with van der Waals surface area (Å²) in [5.74, 6) is 0.357. The number of carbonyl (C=O) groups excluding carboxylic acids is 1. The number of benzene rings is 2. The second-order valence-electron chi connectivity index (χ2n) is 7.60. The third-order valence-corrected chi connectivity index (χ3v) is 9.54. The highest BCUT2D eigenvalue weighted by molar-refractivity contribution is 7.89. The molecule has 32 heavy (non-hydrogen) atoms. The van der Waals surface area contributed by atoms with Crippen LogP contribution in [0.4, 0.5) is 5.69 Å². The van der Waals surface area contributed by atoms with E-state index in [4.69, 9.17) is 4.74 Å². The van der Waals surface area contributed by atoms with Crippen LogP contribution in [-0.2, 0) is 24.8 Å². The third kappa shape index (κ3) is 4.13. The second-order valence-corrected chi connectivity index (χ2v) is 11.5. The van der Waals surface area contributed by atoms with Crippen molar-refractivity contribution in [3.8, 4) is 5.75 Å². The number of ether oxygens (including phenoxy) is 1. The zero-order valence-electron chi connectivity index (χ0n) is 17.7. The SMILES string of the molecule is COc1ccc(S(=O)(=O)N2CCN(S(=O)(=O)c3ccccc3)CC2)cc1N1CCCC1=O. The molecule has 0 radical (unpaired) electrons. The Bertz CT molecular complexity index is 1210. The van der Waals surface area contributed by atoms with E-state index in [2.05, 4.69) is 0 Å². The molecule has 2 aliphatic rings. The Morgan fingerprint density at radius 2 is 1.38 bits per heavy atom. The predicted octanol–water partition coefficient (Wildman–Crippen LogP) is 1.52. The number of piperazine rings is 1. The third-order valence-electron chi connectivity index (χ3n) is 5.73. The maximum atomic E-state index is 13.3. The van der Waals surface area contributed by atoms with Crippen molar-refractivity contribution in [2.45, 2.75) is 22.6 Å². The van der Waals surface area contributed by atoms with Crippen LogP contribution in [0, 0.1) is 0 Å². The fourth-order valence-corrected chi connectivity index (χ4v) is 6.87. The van der Waals surface area contributed by atoms with E-state index in [1.165, 1.54) is 40.0 Å². The summed E-state index contributed by atoms with van der Waals surface area (Å²) in [7, 11) is -6.08. The molecule has 1 amide bonds. The number of anilines is 1. The van der Waals surface area contributed by atoms with Gasteiger partial charge in [-0.15, -0.1) is 0 Å². The van der Waals surface area contributed by atoms with Gasteiger partial charge < -0.3 is 9.64 Å². The number of carbonyl (C=O) groups is 1. The smallest absolute Gasteiger partial charge is 0.243 e. The minimum Gasteiger partial charge on any atom is -0.495 e. The van der Waals surface area contributed by atoms with Gasteiger partial charge in [0.05, 0.1) is 22.6 Å². The van der Waals surface area contributed by atoms with Crippen LogP contribution in [0.15, 0.2) is 58.3 Å². The van der Waals surface area contributed by atoms with Crippen LogP contribution in [-0.4, -0.2) is 71.2 Å². The second kappa shape index (κ2) is 8.81. The Labute approximate surface area is 188 Å². The number of sulfonamides is 2. The lowest BCUT2D eigenvalue weighted by molar-refractivity contribution is -0.117. The zero-order valence-corrected chi connectivity index (χ0v) is 19.3. The molecule has 0 bridgehead atoms. The Morgan fingerprint density at radius 1 is 0.781 bits per heavy atom. The van der Waals surface area contributed by atoms with Gasteiger partial charge in [0.2, 0.25) is 26.0 Å². The van der Waals surface area contributed by atoms with Gasteiger partial charge in [-0.3, -0.25) is 4.79 Å². The molecule has 2 heterocycles. The minimum atomic E-state index is -3.87. The van der Waals surface area contributed by atoms with E-state index >= 15 is 0 Å². The lowest BCUT2D eigenvalue weighted by Gasteiger charge is -2.33. The zero-order chi connectivity index (χ0) is 22.9. The van der Waals surface area contributed by atoms with Crippen molar-refractivity contribution in [2.24, 2.45) is 0 Å². The molecule has 11 heteroatoms. The molecule has 0 unspecified atom stereocenters. The van der Waals surface area contributed by atoms with Gasteiger partial charge in [0, 0.05) is 39.1 Å². The largest absolute Gasteiger partial charge is 0.495 e. The Hall–Kier alpha value is -2.47. The molecular weight excluding hydrogens is 454 g/mol. The first-order valence-corrected chi connectivity index (χ1v) is 13.2. The van der Waals surface area contributed by atoms with Crippen molar-refractivity contribution in [3.05, 3.63) is 48.5 Å². The number of nitrogens with zero attached hydrogens (tertiary/aromatic N) is 3. The van der Waals surface area contributed by atoms with Crippen LogP contribution in [0.2, 0.25) is 0 Å². The maximum Gasteiger partial charge on any atom is 0.243 e. The number of rotatable bonds is 6. The molecular formula is C21H25N3O6S2. The van der Waals surface area contributed by atoms with E-state index in [0.29, 0.717) is 30.8 Å². The van der Waals surface area contributed by atoms with Gasteiger partial charge in [-0.25, -0.2) is 16.8 Å². The highest BCUT2D eigenvalue weighted by atomic mass is 32.2. The van der Waals surface area contributed by atoms with Crippen LogP contribution in [0.1, 0.15) is 12.8 Å². The van der Waals surface area contributed by atoms with E-state index in [9.17, 15) is 21.6 Å². The quantitative estimate of drug-likeness (QED) is 0.622. The van der Waals surface area contributed by atoms with Crippen molar-refractivity contribution >= 4 is 31.6 Å². The van der Waals surface area contributed by atoms with Crippen LogP contribution in [0.3, 0.4) is 0 Å². The molecule has 2 aliphatic heterocycles. The summed E-state index contributed by atoms with van der Waals surface area (Å²) in [5, 5.41) is 0. The first-order chi connectivity index (χ1) is 15.2. The van der Waals surface area contributed by atoms with Gasteiger partial charge in [0.1, 0.15) is 5.75 Å². The fraction of sp³-hybridized carbons (Fsp3) is 0.381. The lowest BCUT2D eigenvalue weighted by Crippen LogP contribution is -2.50. The van der Waals surface area contributed by atoms with Crippen molar-refractivity contribution in [1.82, 2.24) is 8.61 Å². The normalized spacial score (nSPS) is 18.8. The van der Waals surface area contributed by atoms with E-state index in [-0.39, 0.29) is 41.9 Å². The molecule has 2 saturated heterocycles. The number of methoxy groups -OCH3 is 1. The highest BCUT2D eigenvalue weighted by Crippen LogP contribution is 2.34. The molecule has 2 fully saturated rings. The summed E-state index contributed by atoms with van der Waals surface area (Å²) in [6, 6.07) is 12.6. The summed E-state index contributed by atoms with van der Waals surface area (Å²) in [6.45, 7) is 0.708. The number of hydrogen-bond acceptors (Lipinski definition) is 6. The lowest BCUT2D eigenvalue weighted by atomic mass is 10.2. The average Bonchev–Trinajstić information content (AvgIpc) is 3.25. The summed E-state index contributed by atoms with van der Waals surface area (Å²) in [6.07, 6.45) is 1.12. The van der Waals surface area contributed by atoms with Gasteiger partial charge in [0.15, 0.2) is 0 Å². The van der Waals surface area contributed by atoms with E-state index in [1.54, 1.807) is 29.2 Å². The minimum absolute atomic E-state index is 0.0401. The van der Waals surface area contributed by atoms with Gasteiger partial charge >= 0.3 is 0 Å². The molecule has 0 N–H and O–H groups in total. The summed E-state index contributed by atoms with van der Waals surface area (Å²) in [4.78, 5) is 14.0. The van der Waals surface area contributed by atoms with Crippen LogP contribution in [0.5, 0.6) is 5.75 Å². The predicted molar refractivity (Wildman–Crippen MR) is 119 cm³/mol. The van der Waals surface area contributed by atoms with E-state index < -0.39 is 20.0 Å². The molecule has 2 aromatic carbocycles. The first kappa shape index (κ1) is 22.7. The van der Waals surface area contributed by atoms with Crippen LogP contribution >= 0.6 is 0 Å². The van der Waals surface area contributed by atoms with Gasteiger partial charge in [-0.05, 0) is 36.8 Å². The monoisotopic (exact) mass is 479 g/mol. The van der Waals surface area contributed by atoms with Crippen molar-refractivity contribution in [1.29, 1.82) is 0 Å². The van der Waals surface area contributed by atoms with Crippen LogP contribution in [0.25, 0.3) is 0 Å². The Kier molecular flexibility index (Phi) is 6.26. The average molecular weight is 480 g/mol. The highest BCUT2D eigenvalue weighted by Gasteiger charge is 2.34. The molecule has 0 atom stereocenters. The van der Waals surface area contributed by atoms with E-state index in [1.807, 2.05) is 0 Å². The van der Waals surface area contributed by atoms with Crippen molar-refractivity contribution < 1.29 is 26.4 Å². The summed E-state index contributed by atoms with van der Waals surface area (Å²) in [5.41, 5.74) is 0.432. The maximum absolute atomic E-state index is 13.3. The molecule has 0 aromatic heterocycles. The number of amides is 1. The van der Waals surface area contributed by atoms with Gasteiger partial charge in [-0.2, -0.15) is 8.61 Å². The molecule has 0 aliphatic carbocycles. The summed E-state index contributed by atoms with van der Waals surface area (Å²) < 4.78 is 60.1. The first-order valence-electron chi connectivity index (χ1n) is 10.3. The van der Waals surface area contributed by atoms with Crippen LogP contribution < -0.4 is 9.64 Å². The van der Waals surface area contributed by atoms with Gasteiger partial charge in [-0.1, -0.05) is 18.2 Å². The Morgan fingerprint density at radius 3 is 1.91 bits per heavy atom. The summed E-state index contributed by atoms with van der Waals surface area (Å²) >= 11 is 0. The molecule has 4 rings (SSSR count).